The van der Waals surface area contributed by atoms with E-state index in [9.17, 15) is 4.79 Å². The van der Waals surface area contributed by atoms with Crippen molar-refractivity contribution < 1.29 is 9.53 Å². The van der Waals surface area contributed by atoms with Gasteiger partial charge in [0.05, 0.1) is 19.0 Å². The summed E-state index contributed by atoms with van der Waals surface area (Å²) in [6, 6.07) is 8.11. The maximum absolute atomic E-state index is 12.6. The molecule has 0 N–H and O–H groups in total. The third-order valence-electron chi connectivity index (χ3n) is 4.62. The molecule has 1 aromatic heterocycles. The van der Waals surface area contributed by atoms with E-state index in [2.05, 4.69) is 21.2 Å². The van der Waals surface area contributed by atoms with Crippen molar-refractivity contribution in [2.45, 2.75) is 11.6 Å². The summed E-state index contributed by atoms with van der Waals surface area (Å²) in [6.07, 6.45) is 0.928. The fourth-order valence-corrected chi connectivity index (χ4v) is 4.06. The summed E-state index contributed by atoms with van der Waals surface area (Å²) in [5.41, 5.74) is 2.29. The van der Waals surface area contributed by atoms with Crippen molar-refractivity contribution in [3.63, 3.8) is 0 Å². The maximum Gasteiger partial charge on any atom is 0.237 e. The van der Waals surface area contributed by atoms with Crippen LogP contribution in [0.2, 0.25) is 0 Å². The lowest BCUT2D eigenvalue weighted by Crippen LogP contribution is -2.37. The van der Waals surface area contributed by atoms with E-state index in [1.165, 1.54) is 17.3 Å². The Kier molecular flexibility index (Phi) is 4.63. The van der Waals surface area contributed by atoms with E-state index in [1.807, 2.05) is 34.7 Å². The zero-order valence-corrected chi connectivity index (χ0v) is 15.0. The average Bonchev–Trinajstić information content (AvgIpc) is 3.24. The van der Waals surface area contributed by atoms with Gasteiger partial charge in [-0.05, 0) is 18.1 Å². The Bertz CT molecular complexity index is 772. The summed E-state index contributed by atoms with van der Waals surface area (Å²) in [6.45, 7) is 3.82. The third-order valence-corrected chi connectivity index (χ3v) is 5.62. The lowest BCUT2D eigenvalue weighted by molar-refractivity contribution is -0.116. The zero-order chi connectivity index (χ0) is 17.2. The molecule has 0 atom stereocenters. The van der Waals surface area contributed by atoms with Crippen LogP contribution in [0.5, 0.6) is 0 Å². The molecule has 3 heterocycles. The molecule has 1 fully saturated rings. The van der Waals surface area contributed by atoms with Gasteiger partial charge in [-0.15, -0.1) is 10.2 Å². The first-order valence-electron chi connectivity index (χ1n) is 8.47. The van der Waals surface area contributed by atoms with Crippen molar-refractivity contribution in [1.82, 2.24) is 14.8 Å². The van der Waals surface area contributed by atoms with Gasteiger partial charge < -0.3 is 14.5 Å². The highest BCUT2D eigenvalue weighted by Crippen LogP contribution is 2.29. The van der Waals surface area contributed by atoms with Crippen LogP contribution in [0.1, 0.15) is 5.56 Å². The highest BCUT2D eigenvalue weighted by Gasteiger charge is 2.25. The molecule has 0 unspecified atom stereocenters. The molecule has 7 nitrogen and oxygen atoms in total. The van der Waals surface area contributed by atoms with Crippen molar-refractivity contribution >= 4 is 29.3 Å². The van der Waals surface area contributed by atoms with Crippen molar-refractivity contribution in [2.75, 3.05) is 48.4 Å². The number of rotatable bonds is 4. The second-order valence-electron chi connectivity index (χ2n) is 6.15. The number of amides is 1. The van der Waals surface area contributed by atoms with Crippen molar-refractivity contribution in [2.24, 2.45) is 7.05 Å². The number of thioether (sulfide) groups is 1. The van der Waals surface area contributed by atoms with Crippen molar-refractivity contribution in [3.05, 3.63) is 29.8 Å². The van der Waals surface area contributed by atoms with Crippen LogP contribution in [0.4, 0.5) is 11.6 Å². The summed E-state index contributed by atoms with van der Waals surface area (Å²) < 4.78 is 7.34. The number of para-hydroxylation sites is 1. The maximum atomic E-state index is 12.6. The van der Waals surface area contributed by atoms with E-state index in [-0.39, 0.29) is 5.91 Å². The molecule has 1 saturated heterocycles. The van der Waals surface area contributed by atoms with Gasteiger partial charge in [0.2, 0.25) is 11.9 Å². The summed E-state index contributed by atoms with van der Waals surface area (Å²) in [5.74, 6) is 1.32. The molecule has 25 heavy (non-hydrogen) atoms. The molecule has 1 amide bonds. The topological polar surface area (TPSA) is 63.5 Å². The van der Waals surface area contributed by atoms with Crippen LogP contribution in [0.15, 0.2) is 29.4 Å². The lowest BCUT2D eigenvalue weighted by Gasteiger charge is -2.27. The number of ether oxygens (including phenoxy) is 1. The second kappa shape index (κ2) is 7.05. The highest BCUT2D eigenvalue weighted by atomic mass is 32.2. The monoisotopic (exact) mass is 359 g/mol. The van der Waals surface area contributed by atoms with Gasteiger partial charge in [-0.2, -0.15) is 0 Å². The Hall–Kier alpha value is -2.06. The van der Waals surface area contributed by atoms with E-state index in [4.69, 9.17) is 4.74 Å². The van der Waals surface area contributed by atoms with E-state index in [0.29, 0.717) is 19.0 Å². The molecule has 2 aliphatic rings. The molecular formula is C17H21N5O2S. The molecule has 0 saturated carbocycles. The number of carbonyl (C=O) groups is 1. The van der Waals surface area contributed by atoms with Crippen LogP contribution in [0.3, 0.4) is 0 Å². The SMILES string of the molecule is Cn1c(SCC(=O)N2CCc3ccccc32)nnc1N1CCOCC1. The molecular weight excluding hydrogens is 338 g/mol. The molecule has 8 heteroatoms. The number of hydrogen-bond acceptors (Lipinski definition) is 6. The van der Waals surface area contributed by atoms with E-state index < -0.39 is 0 Å². The van der Waals surface area contributed by atoms with Gasteiger partial charge >= 0.3 is 0 Å². The Morgan fingerprint density at radius 2 is 2.00 bits per heavy atom. The quantitative estimate of drug-likeness (QED) is 0.768. The predicted octanol–water partition coefficient (Wildman–Crippen LogP) is 1.33. The molecule has 1 aromatic carbocycles. The summed E-state index contributed by atoms with van der Waals surface area (Å²) in [7, 11) is 1.95. The van der Waals surface area contributed by atoms with Gasteiger partial charge in [0, 0.05) is 32.4 Å². The number of hydrogen-bond donors (Lipinski definition) is 0. The minimum absolute atomic E-state index is 0.117. The fraction of sp³-hybridized carbons (Fsp3) is 0.471. The Labute approximate surface area is 151 Å². The second-order valence-corrected chi connectivity index (χ2v) is 7.10. The van der Waals surface area contributed by atoms with E-state index in [1.54, 1.807) is 0 Å². The van der Waals surface area contributed by atoms with Crippen molar-refractivity contribution in [3.8, 4) is 0 Å². The summed E-state index contributed by atoms with van der Waals surface area (Å²) in [4.78, 5) is 16.7. The Balaban J connectivity index is 1.40. The first-order valence-corrected chi connectivity index (χ1v) is 9.46. The van der Waals surface area contributed by atoms with Gasteiger partial charge in [0.1, 0.15) is 0 Å². The smallest absolute Gasteiger partial charge is 0.237 e. The van der Waals surface area contributed by atoms with Crippen LogP contribution >= 0.6 is 11.8 Å². The number of fused-ring (bicyclic) bond motifs is 1. The number of benzene rings is 1. The highest BCUT2D eigenvalue weighted by molar-refractivity contribution is 7.99. The number of anilines is 2. The van der Waals surface area contributed by atoms with Crippen LogP contribution in [-0.4, -0.2) is 59.3 Å². The molecule has 4 rings (SSSR count). The largest absolute Gasteiger partial charge is 0.378 e. The number of carbonyl (C=O) groups excluding carboxylic acids is 1. The van der Waals surface area contributed by atoms with Gasteiger partial charge in [0.25, 0.3) is 0 Å². The molecule has 2 aromatic rings. The predicted molar refractivity (Wildman–Crippen MR) is 97.3 cm³/mol. The average molecular weight is 359 g/mol. The number of aromatic nitrogens is 3. The minimum Gasteiger partial charge on any atom is -0.378 e. The van der Waals surface area contributed by atoms with E-state index >= 15 is 0 Å². The first-order chi connectivity index (χ1) is 12.2. The van der Waals surface area contributed by atoms with E-state index in [0.717, 1.165) is 42.8 Å². The fourth-order valence-electron chi connectivity index (χ4n) is 3.27. The summed E-state index contributed by atoms with van der Waals surface area (Å²) in [5, 5.41) is 9.31. The normalized spacial score (nSPS) is 17.0. The molecule has 0 spiro atoms. The van der Waals surface area contributed by atoms with Gasteiger partial charge in [0.15, 0.2) is 5.16 Å². The number of nitrogens with zero attached hydrogens (tertiary/aromatic N) is 5. The van der Waals surface area contributed by atoms with Gasteiger partial charge in [-0.25, -0.2) is 0 Å². The molecule has 132 valence electrons. The molecule has 0 radical (unpaired) electrons. The molecule has 2 aliphatic heterocycles. The first kappa shape index (κ1) is 16.4. The standard InChI is InChI=1S/C17H21N5O2S/c1-20-16(21-8-10-24-11-9-21)18-19-17(20)25-12-15(23)22-7-6-13-4-2-3-5-14(13)22/h2-5H,6-12H2,1H3. The Morgan fingerprint density at radius 1 is 1.20 bits per heavy atom. The molecule has 0 bridgehead atoms. The minimum atomic E-state index is 0.117. The number of morpholine rings is 1. The van der Waals surface area contributed by atoms with Gasteiger partial charge in [-0.3, -0.25) is 9.36 Å². The zero-order valence-electron chi connectivity index (χ0n) is 14.2. The van der Waals surface area contributed by atoms with Crippen LogP contribution in [0.25, 0.3) is 0 Å². The third kappa shape index (κ3) is 3.23. The lowest BCUT2D eigenvalue weighted by atomic mass is 10.2. The molecule has 0 aliphatic carbocycles. The van der Waals surface area contributed by atoms with Crippen molar-refractivity contribution in [1.29, 1.82) is 0 Å². The van der Waals surface area contributed by atoms with Crippen LogP contribution < -0.4 is 9.80 Å². The summed E-state index contributed by atoms with van der Waals surface area (Å²) >= 11 is 1.44. The Morgan fingerprint density at radius 3 is 2.84 bits per heavy atom. The van der Waals surface area contributed by atoms with Gasteiger partial charge in [-0.1, -0.05) is 30.0 Å². The van der Waals surface area contributed by atoms with Crippen LogP contribution in [0, 0.1) is 0 Å². The van der Waals surface area contributed by atoms with Crippen LogP contribution in [-0.2, 0) is 23.0 Å².